The Bertz CT molecular complexity index is 590. The van der Waals surface area contributed by atoms with Gasteiger partial charge in [-0.1, -0.05) is 12.1 Å². The first-order chi connectivity index (χ1) is 9.61. The molecule has 6 nitrogen and oxygen atoms in total. The van der Waals surface area contributed by atoms with Crippen LogP contribution in [-0.4, -0.2) is 22.6 Å². The molecular formula is C14H14N2O4. The van der Waals surface area contributed by atoms with Crippen LogP contribution in [0.1, 0.15) is 11.5 Å². The number of non-ortho nitro benzene ring substituents is 1. The minimum absolute atomic E-state index is 0.00155. The van der Waals surface area contributed by atoms with Gasteiger partial charge in [0.1, 0.15) is 0 Å². The molecule has 0 aliphatic heterocycles. The van der Waals surface area contributed by atoms with Gasteiger partial charge in [-0.3, -0.25) is 14.9 Å². The monoisotopic (exact) mass is 274 g/mol. The van der Waals surface area contributed by atoms with E-state index < -0.39 is 10.8 Å². The molecule has 1 heterocycles. The highest BCUT2D eigenvalue weighted by molar-refractivity contribution is 5.78. The van der Waals surface area contributed by atoms with Crippen molar-refractivity contribution in [1.29, 1.82) is 0 Å². The molecule has 0 amide bonds. The second-order valence-corrected chi connectivity index (χ2v) is 4.30. The van der Waals surface area contributed by atoms with Crippen molar-refractivity contribution in [2.45, 2.75) is 12.5 Å². The predicted molar refractivity (Wildman–Crippen MR) is 72.3 cm³/mol. The second-order valence-electron chi connectivity index (χ2n) is 4.30. The average Bonchev–Trinajstić information content (AvgIpc) is 2.97. The summed E-state index contributed by atoms with van der Waals surface area (Å²) >= 11 is 0. The zero-order valence-electron chi connectivity index (χ0n) is 10.9. The summed E-state index contributed by atoms with van der Waals surface area (Å²) in [5.41, 5.74) is 0.689. The number of nitro benzene ring substituents is 1. The molecule has 0 bridgehead atoms. The quantitative estimate of drug-likeness (QED) is 0.476. The molecule has 0 spiro atoms. The summed E-state index contributed by atoms with van der Waals surface area (Å²) in [5.74, 6) is -0.860. The van der Waals surface area contributed by atoms with E-state index in [1.807, 2.05) is 29.1 Å². The van der Waals surface area contributed by atoms with Crippen molar-refractivity contribution in [2.75, 3.05) is 7.11 Å². The van der Waals surface area contributed by atoms with Crippen molar-refractivity contribution < 1.29 is 14.5 Å². The maximum atomic E-state index is 11.9. The molecule has 20 heavy (non-hydrogen) atoms. The van der Waals surface area contributed by atoms with Crippen LogP contribution >= 0.6 is 0 Å². The van der Waals surface area contributed by atoms with Gasteiger partial charge < -0.3 is 9.30 Å². The Labute approximate surface area is 115 Å². The smallest absolute Gasteiger partial charge is 0.314 e. The number of benzene rings is 1. The SMILES string of the molecule is COC(=O)C(Cn1cccc1)c1ccc([N+](=O)[O-])cc1. The number of ether oxygens (including phenoxy) is 1. The van der Waals surface area contributed by atoms with Gasteiger partial charge >= 0.3 is 5.97 Å². The Kier molecular flexibility index (Phi) is 4.14. The standard InChI is InChI=1S/C14H14N2O4/c1-20-14(17)13(10-15-8-2-3-9-15)11-4-6-12(7-5-11)16(18)19/h2-9,13H,10H2,1H3. The largest absolute Gasteiger partial charge is 0.468 e. The summed E-state index contributed by atoms with van der Waals surface area (Å²) in [7, 11) is 1.33. The molecule has 2 aromatic rings. The van der Waals surface area contributed by atoms with Crippen molar-refractivity contribution in [3.8, 4) is 0 Å². The van der Waals surface area contributed by atoms with Gasteiger partial charge in [0, 0.05) is 31.1 Å². The number of carbonyl (C=O) groups is 1. The molecule has 104 valence electrons. The van der Waals surface area contributed by atoms with Gasteiger partial charge in [0.15, 0.2) is 0 Å². The van der Waals surface area contributed by atoms with Crippen LogP contribution in [0.4, 0.5) is 5.69 Å². The minimum Gasteiger partial charge on any atom is -0.468 e. The molecule has 0 fully saturated rings. The molecule has 1 aromatic heterocycles. The molecule has 1 atom stereocenters. The van der Waals surface area contributed by atoms with Crippen LogP contribution in [0, 0.1) is 10.1 Å². The molecule has 2 rings (SSSR count). The number of rotatable bonds is 5. The van der Waals surface area contributed by atoms with Crippen LogP contribution in [-0.2, 0) is 16.1 Å². The van der Waals surface area contributed by atoms with E-state index >= 15 is 0 Å². The second kappa shape index (κ2) is 6.01. The van der Waals surface area contributed by atoms with Crippen molar-refractivity contribution in [3.05, 3.63) is 64.5 Å². The van der Waals surface area contributed by atoms with E-state index in [1.165, 1.54) is 19.2 Å². The molecule has 0 saturated carbocycles. The van der Waals surface area contributed by atoms with E-state index in [1.54, 1.807) is 12.1 Å². The molecule has 0 aliphatic carbocycles. The number of nitro groups is 1. The van der Waals surface area contributed by atoms with Crippen LogP contribution in [0.15, 0.2) is 48.8 Å². The summed E-state index contributed by atoms with van der Waals surface area (Å²) in [6, 6.07) is 9.68. The number of methoxy groups -OCH3 is 1. The van der Waals surface area contributed by atoms with Crippen LogP contribution in [0.3, 0.4) is 0 Å². The van der Waals surface area contributed by atoms with E-state index in [0.29, 0.717) is 12.1 Å². The van der Waals surface area contributed by atoms with Crippen molar-refractivity contribution >= 4 is 11.7 Å². The topological polar surface area (TPSA) is 74.4 Å². The summed E-state index contributed by atoms with van der Waals surface area (Å²) < 4.78 is 6.67. The van der Waals surface area contributed by atoms with Gasteiger partial charge in [-0.05, 0) is 17.7 Å². The number of nitrogens with zero attached hydrogens (tertiary/aromatic N) is 2. The highest BCUT2D eigenvalue weighted by Crippen LogP contribution is 2.22. The summed E-state index contributed by atoms with van der Waals surface area (Å²) in [6.45, 7) is 0.428. The Hall–Kier alpha value is -2.63. The first-order valence-electron chi connectivity index (χ1n) is 6.04. The van der Waals surface area contributed by atoms with Gasteiger partial charge in [0.2, 0.25) is 0 Å². The molecule has 6 heteroatoms. The van der Waals surface area contributed by atoms with Gasteiger partial charge in [-0.15, -0.1) is 0 Å². The lowest BCUT2D eigenvalue weighted by atomic mass is 9.99. The van der Waals surface area contributed by atoms with Gasteiger partial charge in [0.25, 0.3) is 5.69 Å². The van der Waals surface area contributed by atoms with E-state index in [4.69, 9.17) is 4.74 Å². The molecule has 0 aliphatic rings. The van der Waals surface area contributed by atoms with E-state index in [2.05, 4.69) is 0 Å². The fraction of sp³-hybridized carbons (Fsp3) is 0.214. The number of hydrogen-bond acceptors (Lipinski definition) is 4. The van der Waals surface area contributed by atoms with Crippen LogP contribution in [0.2, 0.25) is 0 Å². The first kappa shape index (κ1) is 13.8. The van der Waals surface area contributed by atoms with Gasteiger partial charge in [-0.2, -0.15) is 0 Å². The summed E-state index contributed by atoms with van der Waals surface area (Å²) in [5, 5.41) is 10.6. The minimum atomic E-state index is -0.492. The van der Waals surface area contributed by atoms with E-state index in [-0.39, 0.29) is 11.7 Å². The number of esters is 1. The third kappa shape index (κ3) is 3.03. The van der Waals surface area contributed by atoms with E-state index in [9.17, 15) is 14.9 Å². The molecule has 1 aromatic carbocycles. The first-order valence-corrected chi connectivity index (χ1v) is 6.04. The Morgan fingerprint density at radius 3 is 2.40 bits per heavy atom. The Morgan fingerprint density at radius 1 is 1.30 bits per heavy atom. The number of hydrogen-bond donors (Lipinski definition) is 0. The van der Waals surface area contributed by atoms with Crippen LogP contribution < -0.4 is 0 Å². The fourth-order valence-corrected chi connectivity index (χ4v) is 1.99. The maximum absolute atomic E-state index is 11.9. The Balaban J connectivity index is 2.26. The molecule has 0 saturated heterocycles. The molecule has 0 N–H and O–H groups in total. The third-order valence-corrected chi connectivity index (χ3v) is 3.05. The lowest BCUT2D eigenvalue weighted by Crippen LogP contribution is -2.19. The van der Waals surface area contributed by atoms with Gasteiger partial charge in [-0.25, -0.2) is 0 Å². The number of aromatic nitrogens is 1. The predicted octanol–water partition coefficient (Wildman–Crippen LogP) is 2.35. The molecular weight excluding hydrogens is 260 g/mol. The fourth-order valence-electron chi connectivity index (χ4n) is 1.99. The van der Waals surface area contributed by atoms with Gasteiger partial charge in [0.05, 0.1) is 18.0 Å². The lowest BCUT2D eigenvalue weighted by Gasteiger charge is -2.15. The third-order valence-electron chi connectivity index (χ3n) is 3.05. The normalized spacial score (nSPS) is 11.8. The summed E-state index contributed by atoms with van der Waals surface area (Å²) in [6.07, 6.45) is 3.70. The summed E-state index contributed by atoms with van der Waals surface area (Å²) in [4.78, 5) is 22.1. The van der Waals surface area contributed by atoms with Crippen LogP contribution in [0.5, 0.6) is 0 Å². The Morgan fingerprint density at radius 2 is 1.90 bits per heavy atom. The number of carbonyl (C=O) groups excluding carboxylic acids is 1. The maximum Gasteiger partial charge on any atom is 0.314 e. The van der Waals surface area contributed by atoms with E-state index in [0.717, 1.165) is 0 Å². The van der Waals surface area contributed by atoms with Crippen molar-refractivity contribution in [3.63, 3.8) is 0 Å². The zero-order valence-corrected chi connectivity index (χ0v) is 10.9. The average molecular weight is 274 g/mol. The molecule has 0 radical (unpaired) electrons. The lowest BCUT2D eigenvalue weighted by molar-refractivity contribution is -0.384. The van der Waals surface area contributed by atoms with Crippen LogP contribution in [0.25, 0.3) is 0 Å². The molecule has 1 unspecified atom stereocenters. The zero-order chi connectivity index (χ0) is 14.5. The highest BCUT2D eigenvalue weighted by atomic mass is 16.6. The highest BCUT2D eigenvalue weighted by Gasteiger charge is 2.22. The van der Waals surface area contributed by atoms with Crippen molar-refractivity contribution in [1.82, 2.24) is 4.57 Å². The van der Waals surface area contributed by atoms with Crippen molar-refractivity contribution in [2.24, 2.45) is 0 Å².